The summed E-state index contributed by atoms with van der Waals surface area (Å²) >= 11 is 0. The summed E-state index contributed by atoms with van der Waals surface area (Å²) in [6, 6.07) is 5.43. The van der Waals surface area contributed by atoms with Gasteiger partial charge in [0.2, 0.25) is 0 Å². The van der Waals surface area contributed by atoms with Gasteiger partial charge >= 0.3 is 0 Å². The van der Waals surface area contributed by atoms with Crippen LogP contribution >= 0.6 is 0 Å². The lowest BCUT2D eigenvalue weighted by molar-refractivity contribution is 0.589. The largest absolute Gasteiger partial charge is 0.327 e. The number of hydrogen-bond acceptors (Lipinski definition) is 3. The van der Waals surface area contributed by atoms with Gasteiger partial charge in [0.15, 0.2) is 9.84 Å². The van der Waals surface area contributed by atoms with Gasteiger partial charge in [0.25, 0.3) is 0 Å². The molecule has 0 amide bonds. The van der Waals surface area contributed by atoms with Crippen LogP contribution in [0.4, 0.5) is 0 Å². The zero-order valence-corrected chi connectivity index (χ0v) is 10.8. The molecule has 0 saturated carbocycles. The molecule has 0 spiro atoms. The summed E-state index contributed by atoms with van der Waals surface area (Å²) in [6.07, 6.45) is 0. The van der Waals surface area contributed by atoms with Gasteiger partial charge < -0.3 is 5.73 Å². The number of sulfone groups is 1. The van der Waals surface area contributed by atoms with E-state index in [0.717, 1.165) is 11.1 Å². The van der Waals surface area contributed by atoms with Crippen molar-refractivity contribution in [2.75, 3.05) is 5.75 Å². The van der Waals surface area contributed by atoms with E-state index >= 15 is 0 Å². The molecule has 90 valence electrons. The Hall–Kier alpha value is -0.870. The van der Waals surface area contributed by atoms with Crippen LogP contribution in [-0.4, -0.2) is 20.2 Å². The van der Waals surface area contributed by atoms with Gasteiger partial charge in [-0.2, -0.15) is 0 Å². The zero-order chi connectivity index (χ0) is 12.3. The van der Waals surface area contributed by atoms with Crippen molar-refractivity contribution in [3.63, 3.8) is 0 Å². The first-order chi connectivity index (χ1) is 7.30. The average molecular weight is 241 g/mol. The van der Waals surface area contributed by atoms with Crippen molar-refractivity contribution in [3.05, 3.63) is 34.9 Å². The minimum Gasteiger partial charge on any atom is -0.327 e. The summed E-state index contributed by atoms with van der Waals surface area (Å²) in [5.74, 6) is 0.121. The van der Waals surface area contributed by atoms with Gasteiger partial charge in [0.1, 0.15) is 0 Å². The van der Waals surface area contributed by atoms with Crippen LogP contribution in [0.25, 0.3) is 0 Å². The molecule has 0 aromatic heterocycles. The second-order valence-electron chi connectivity index (χ2n) is 4.45. The van der Waals surface area contributed by atoms with E-state index in [2.05, 4.69) is 0 Å². The standard InChI is InChI=1S/C12H19NO2S/c1-9-4-5-12(6-10(9)2)8-16(14,15)7-11(3)13/h4-6,11H,7-8,13H2,1-3H3. The third-order valence-corrected chi connectivity index (χ3v) is 4.28. The van der Waals surface area contributed by atoms with E-state index in [-0.39, 0.29) is 17.5 Å². The molecule has 0 aliphatic rings. The van der Waals surface area contributed by atoms with Crippen molar-refractivity contribution in [2.45, 2.75) is 32.6 Å². The van der Waals surface area contributed by atoms with Gasteiger partial charge in [-0.25, -0.2) is 8.42 Å². The molecule has 0 heterocycles. The van der Waals surface area contributed by atoms with Gasteiger partial charge in [0, 0.05) is 6.04 Å². The van der Waals surface area contributed by atoms with Crippen molar-refractivity contribution in [2.24, 2.45) is 5.73 Å². The van der Waals surface area contributed by atoms with Crippen LogP contribution in [0.15, 0.2) is 18.2 Å². The Balaban J connectivity index is 2.84. The zero-order valence-electron chi connectivity index (χ0n) is 10.0. The van der Waals surface area contributed by atoms with Crippen LogP contribution in [0.5, 0.6) is 0 Å². The molecule has 1 aromatic carbocycles. The molecular formula is C12H19NO2S. The Morgan fingerprint density at radius 1 is 1.25 bits per heavy atom. The fourth-order valence-electron chi connectivity index (χ4n) is 1.61. The Labute approximate surface area is 97.6 Å². The molecule has 0 radical (unpaired) electrons. The maximum atomic E-state index is 11.7. The first kappa shape index (κ1) is 13.2. The molecule has 0 aliphatic heterocycles. The predicted molar refractivity (Wildman–Crippen MR) is 67.1 cm³/mol. The molecule has 2 N–H and O–H groups in total. The van der Waals surface area contributed by atoms with Gasteiger partial charge in [0.05, 0.1) is 11.5 Å². The highest BCUT2D eigenvalue weighted by atomic mass is 32.2. The molecule has 0 bridgehead atoms. The Kier molecular flexibility index (Phi) is 4.10. The summed E-state index contributed by atoms with van der Waals surface area (Å²) in [4.78, 5) is 0. The van der Waals surface area contributed by atoms with Crippen LogP contribution < -0.4 is 5.73 Å². The molecule has 3 nitrogen and oxygen atoms in total. The Morgan fingerprint density at radius 3 is 2.38 bits per heavy atom. The van der Waals surface area contributed by atoms with E-state index in [1.54, 1.807) is 6.92 Å². The molecule has 4 heteroatoms. The topological polar surface area (TPSA) is 60.2 Å². The first-order valence-electron chi connectivity index (χ1n) is 5.32. The van der Waals surface area contributed by atoms with Crippen LogP contribution in [0, 0.1) is 13.8 Å². The third kappa shape index (κ3) is 3.94. The summed E-state index contributed by atoms with van der Waals surface area (Å²) in [5.41, 5.74) is 8.64. The number of aryl methyl sites for hydroxylation is 2. The first-order valence-corrected chi connectivity index (χ1v) is 7.14. The Morgan fingerprint density at radius 2 is 1.88 bits per heavy atom. The minimum absolute atomic E-state index is 0.0416. The molecule has 1 aromatic rings. The van der Waals surface area contributed by atoms with E-state index < -0.39 is 9.84 Å². The second kappa shape index (κ2) is 4.97. The molecule has 1 unspecified atom stereocenters. The quantitative estimate of drug-likeness (QED) is 0.870. The van der Waals surface area contributed by atoms with Crippen LogP contribution in [0.2, 0.25) is 0 Å². The van der Waals surface area contributed by atoms with Crippen molar-refractivity contribution in [1.29, 1.82) is 0 Å². The lowest BCUT2D eigenvalue weighted by Crippen LogP contribution is -2.27. The maximum Gasteiger partial charge on any atom is 0.155 e. The molecule has 0 saturated heterocycles. The fourth-order valence-corrected chi connectivity index (χ4v) is 3.21. The number of nitrogens with two attached hydrogens (primary N) is 1. The van der Waals surface area contributed by atoms with Crippen molar-refractivity contribution in [1.82, 2.24) is 0 Å². The van der Waals surface area contributed by atoms with E-state index in [4.69, 9.17) is 5.73 Å². The van der Waals surface area contributed by atoms with Gasteiger partial charge in [-0.05, 0) is 37.5 Å². The highest BCUT2D eigenvalue weighted by molar-refractivity contribution is 7.90. The van der Waals surface area contributed by atoms with Crippen LogP contribution in [-0.2, 0) is 15.6 Å². The van der Waals surface area contributed by atoms with Crippen molar-refractivity contribution >= 4 is 9.84 Å². The second-order valence-corrected chi connectivity index (χ2v) is 6.56. The van der Waals surface area contributed by atoms with E-state index in [0.29, 0.717) is 0 Å². The fraction of sp³-hybridized carbons (Fsp3) is 0.500. The predicted octanol–water partition coefficient (Wildman–Crippen LogP) is 1.57. The summed E-state index contributed by atoms with van der Waals surface area (Å²) < 4.78 is 23.5. The van der Waals surface area contributed by atoms with Crippen LogP contribution in [0.1, 0.15) is 23.6 Å². The average Bonchev–Trinajstić information content (AvgIpc) is 2.08. The van der Waals surface area contributed by atoms with E-state index in [9.17, 15) is 8.42 Å². The van der Waals surface area contributed by atoms with E-state index in [1.165, 1.54) is 5.56 Å². The van der Waals surface area contributed by atoms with Gasteiger partial charge in [-0.1, -0.05) is 18.2 Å². The summed E-state index contributed by atoms with van der Waals surface area (Å²) in [6.45, 7) is 5.70. The lowest BCUT2D eigenvalue weighted by Gasteiger charge is -2.08. The number of benzene rings is 1. The smallest absolute Gasteiger partial charge is 0.155 e. The molecular weight excluding hydrogens is 222 g/mol. The van der Waals surface area contributed by atoms with Crippen molar-refractivity contribution in [3.8, 4) is 0 Å². The van der Waals surface area contributed by atoms with Crippen molar-refractivity contribution < 1.29 is 8.42 Å². The summed E-state index contributed by atoms with van der Waals surface area (Å²) in [7, 11) is -3.09. The van der Waals surface area contributed by atoms with Gasteiger partial charge in [-0.3, -0.25) is 0 Å². The Bertz CT molecular complexity index is 464. The normalized spacial score (nSPS) is 13.8. The third-order valence-electron chi connectivity index (χ3n) is 2.47. The molecule has 0 fully saturated rings. The highest BCUT2D eigenvalue weighted by Gasteiger charge is 2.14. The van der Waals surface area contributed by atoms with E-state index in [1.807, 2.05) is 32.0 Å². The number of hydrogen-bond donors (Lipinski definition) is 1. The monoisotopic (exact) mass is 241 g/mol. The molecule has 1 rings (SSSR count). The van der Waals surface area contributed by atoms with Gasteiger partial charge in [-0.15, -0.1) is 0 Å². The number of rotatable bonds is 4. The highest BCUT2D eigenvalue weighted by Crippen LogP contribution is 2.13. The minimum atomic E-state index is -3.09. The molecule has 16 heavy (non-hydrogen) atoms. The molecule has 0 aliphatic carbocycles. The SMILES string of the molecule is Cc1ccc(CS(=O)(=O)CC(C)N)cc1C. The van der Waals surface area contributed by atoms with Crippen LogP contribution in [0.3, 0.4) is 0 Å². The maximum absolute atomic E-state index is 11.7. The summed E-state index contributed by atoms with van der Waals surface area (Å²) in [5, 5.41) is 0. The lowest BCUT2D eigenvalue weighted by atomic mass is 10.1. The molecule has 1 atom stereocenters.